The van der Waals surface area contributed by atoms with E-state index in [2.05, 4.69) is 15.3 Å². The number of benzene rings is 1. The van der Waals surface area contributed by atoms with Crippen LogP contribution >= 0.6 is 23.2 Å². The molecule has 2 rings (SSSR count). The Morgan fingerprint density at radius 3 is 2.81 bits per heavy atom. The smallest absolute Gasteiger partial charge is 0.271 e. The van der Waals surface area contributed by atoms with Crippen LogP contribution in [0.1, 0.15) is 16.1 Å². The van der Waals surface area contributed by atoms with Gasteiger partial charge in [0.2, 0.25) is 0 Å². The number of rotatable bonds is 5. The van der Waals surface area contributed by atoms with Gasteiger partial charge < -0.3 is 10.3 Å². The van der Waals surface area contributed by atoms with Crippen LogP contribution < -0.4 is 5.32 Å². The minimum atomic E-state index is -0.635. The van der Waals surface area contributed by atoms with Gasteiger partial charge in [0.25, 0.3) is 11.6 Å². The molecule has 110 valence electrons. The summed E-state index contributed by atoms with van der Waals surface area (Å²) in [7, 11) is 0. The topological polar surface area (TPSA) is 101 Å². The number of amides is 1. The zero-order chi connectivity index (χ0) is 15.4. The Morgan fingerprint density at radius 1 is 1.43 bits per heavy atom. The van der Waals surface area contributed by atoms with Crippen molar-refractivity contribution >= 4 is 34.8 Å². The van der Waals surface area contributed by atoms with Crippen LogP contribution in [0.3, 0.4) is 0 Å². The molecule has 1 aromatic carbocycles. The second-order valence-electron chi connectivity index (χ2n) is 4.13. The molecule has 0 saturated heterocycles. The van der Waals surface area contributed by atoms with Crippen LogP contribution in [0, 0.1) is 10.1 Å². The zero-order valence-electron chi connectivity index (χ0n) is 10.6. The standard InChI is InChI=1S/C12H10Cl2N4O3/c13-10-4-8(18(20)21)3-9(11(10)14)12(19)16-2-1-7-5-15-6-17-7/h3-6H,1-2H2,(H,15,17)(H,16,19). The van der Waals surface area contributed by atoms with Crippen LogP contribution in [0.5, 0.6) is 0 Å². The Morgan fingerprint density at radius 2 is 2.19 bits per heavy atom. The summed E-state index contributed by atoms with van der Waals surface area (Å²) >= 11 is 11.7. The molecule has 21 heavy (non-hydrogen) atoms. The van der Waals surface area contributed by atoms with E-state index in [0.717, 1.165) is 17.8 Å². The number of hydrogen-bond donors (Lipinski definition) is 2. The first kappa shape index (κ1) is 15.3. The maximum atomic E-state index is 12.0. The molecule has 0 radical (unpaired) electrons. The van der Waals surface area contributed by atoms with Crippen LogP contribution in [-0.4, -0.2) is 27.3 Å². The number of H-pyrrole nitrogens is 1. The lowest BCUT2D eigenvalue weighted by molar-refractivity contribution is -0.384. The molecule has 1 heterocycles. The van der Waals surface area contributed by atoms with Crippen LogP contribution in [0.4, 0.5) is 5.69 Å². The highest BCUT2D eigenvalue weighted by Gasteiger charge is 2.19. The number of carbonyl (C=O) groups is 1. The van der Waals surface area contributed by atoms with Crippen LogP contribution in [0.2, 0.25) is 10.0 Å². The maximum Gasteiger partial charge on any atom is 0.271 e. The van der Waals surface area contributed by atoms with E-state index in [0.29, 0.717) is 13.0 Å². The number of nitro benzene ring substituents is 1. The van der Waals surface area contributed by atoms with Crippen molar-refractivity contribution in [1.82, 2.24) is 15.3 Å². The molecular weight excluding hydrogens is 319 g/mol. The van der Waals surface area contributed by atoms with Gasteiger partial charge in [-0.15, -0.1) is 0 Å². The van der Waals surface area contributed by atoms with Gasteiger partial charge in [-0.25, -0.2) is 4.98 Å². The molecule has 0 fully saturated rings. The Hall–Kier alpha value is -2.12. The van der Waals surface area contributed by atoms with Gasteiger partial charge in [-0.1, -0.05) is 23.2 Å². The van der Waals surface area contributed by atoms with E-state index in [1.54, 1.807) is 6.20 Å². The Balaban J connectivity index is 2.09. The van der Waals surface area contributed by atoms with Gasteiger partial charge in [0.05, 0.1) is 26.9 Å². The molecule has 1 amide bonds. The molecule has 1 aromatic heterocycles. The van der Waals surface area contributed by atoms with E-state index in [1.165, 1.54) is 6.33 Å². The maximum absolute atomic E-state index is 12.0. The van der Waals surface area contributed by atoms with Gasteiger partial charge in [0, 0.05) is 37.0 Å². The number of hydrogen-bond acceptors (Lipinski definition) is 4. The monoisotopic (exact) mass is 328 g/mol. The normalized spacial score (nSPS) is 10.4. The summed E-state index contributed by atoms with van der Waals surface area (Å²) in [5.74, 6) is -0.523. The Labute approximate surface area is 129 Å². The van der Waals surface area contributed by atoms with E-state index in [1.807, 2.05) is 0 Å². The van der Waals surface area contributed by atoms with E-state index in [4.69, 9.17) is 23.2 Å². The van der Waals surface area contributed by atoms with Crippen molar-refractivity contribution < 1.29 is 9.72 Å². The van der Waals surface area contributed by atoms with Crippen molar-refractivity contribution in [2.45, 2.75) is 6.42 Å². The lowest BCUT2D eigenvalue weighted by atomic mass is 10.2. The number of nitrogens with one attached hydrogen (secondary N) is 2. The highest BCUT2D eigenvalue weighted by Crippen LogP contribution is 2.30. The fourth-order valence-corrected chi connectivity index (χ4v) is 2.08. The van der Waals surface area contributed by atoms with Gasteiger partial charge in [0.15, 0.2) is 0 Å². The third-order valence-electron chi connectivity index (χ3n) is 2.70. The zero-order valence-corrected chi connectivity index (χ0v) is 12.1. The molecule has 2 aromatic rings. The average Bonchev–Trinajstić information content (AvgIpc) is 2.94. The molecule has 0 aliphatic rings. The molecule has 0 aliphatic heterocycles. The molecule has 0 bridgehead atoms. The van der Waals surface area contributed by atoms with Crippen molar-refractivity contribution in [3.8, 4) is 0 Å². The molecule has 0 saturated carbocycles. The lowest BCUT2D eigenvalue weighted by Gasteiger charge is -2.07. The average molecular weight is 329 g/mol. The fourth-order valence-electron chi connectivity index (χ4n) is 1.67. The van der Waals surface area contributed by atoms with E-state index >= 15 is 0 Å². The molecule has 0 unspecified atom stereocenters. The summed E-state index contributed by atoms with van der Waals surface area (Å²) in [6, 6.07) is 2.20. The summed E-state index contributed by atoms with van der Waals surface area (Å²) < 4.78 is 0. The van der Waals surface area contributed by atoms with Gasteiger partial charge in [-0.05, 0) is 0 Å². The van der Waals surface area contributed by atoms with Gasteiger partial charge in [-0.3, -0.25) is 14.9 Å². The molecule has 9 heteroatoms. The van der Waals surface area contributed by atoms with Gasteiger partial charge in [-0.2, -0.15) is 0 Å². The van der Waals surface area contributed by atoms with Gasteiger partial charge >= 0.3 is 0 Å². The predicted octanol–water partition coefficient (Wildman–Crippen LogP) is 2.60. The fraction of sp³-hybridized carbons (Fsp3) is 0.167. The second-order valence-corrected chi connectivity index (χ2v) is 4.91. The quantitative estimate of drug-likeness (QED) is 0.650. The molecule has 0 atom stereocenters. The third-order valence-corrected chi connectivity index (χ3v) is 3.51. The number of aromatic amines is 1. The Kier molecular flexibility index (Phi) is 4.77. The second kappa shape index (κ2) is 6.55. The Bertz CT molecular complexity index is 673. The van der Waals surface area contributed by atoms with Crippen molar-refractivity contribution in [3.05, 3.63) is 56.1 Å². The molecular formula is C12H10Cl2N4O3. The van der Waals surface area contributed by atoms with Gasteiger partial charge in [0.1, 0.15) is 0 Å². The number of carbonyl (C=O) groups excluding carboxylic acids is 1. The summed E-state index contributed by atoms with van der Waals surface area (Å²) in [5, 5.41) is 13.3. The number of nitrogens with zero attached hydrogens (tertiary/aromatic N) is 2. The summed E-state index contributed by atoms with van der Waals surface area (Å²) in [6.07, 6.45) is 3.73. The van der Waals surface area contributed by atoms with Crippen LogP contribution in [-0.2, 0) is 6.42 Å². The minimum absolute atomic E-state index is 0.0127. The van der Waals surface area contributed by atoms with Crippen molar-refractivity contribution in [2.24, 2.45) is 0 Å². The highest BCUT2D eigenvalue weighted by molar-refractivity contribution is 6.44. The number of aromatic nitrogens is 2. The molecule has 2 N–H and O–H groups in total. The van der Waals surface area contributed by atoms with Crippen molar-refractivity contribution in [1.29, 1.82) is 0 Å². The molecule has 0 spiro atoms. The molecule has 0 aliphatic carbocycles. The number of non-ortho nitro benzene ring substituents is 1. The highest BCUT2D eigenvalue weighted by atomic mass is 35.5. The van der Waals surface area contributed by atoms with E-state index in [-0.39, 0.29) is 21.3 Å². The largest absolute Gasteiger partial charge is 0.352 e. The minimum Gasteiger partial charge on any atom is -0.352 e. The number of halogens is 2. The van der Waals surface area contributed by atoms with Crippen LogP contribution in [0.25, 0.3) is 0 Å². The first-order chi connectivity index (χ1) is 9.99. The van der Waals surface area contributed by atoms with Crippen molar-refractivity contribution in [2.75, 3.05) is 6.54 Å². The first-order valence-corrected chi connectivity index (χ1v) is 6.63. The molecule has 7 nitrogen and oxygen atoms in total. The third kappa shape index (κ3) is 3.71. The lowest BCUT2D eigenvalue weighted by Crippen LogP contribution is -2.26. The SMILES string of the molecule is O=C(NCCc1cnc[nH]1)c1cc([N+](=O)[O-])cc(Cl)c1Cl. The summed E-state index contributed by atoms with van der Waals surface area (Å²) in [4.78, 5) is 28.9. The van der Waals surface area contributed by atoms with Crippen molar-refractivity contribution in [3.63, 3.8) is 0 Å². The van der Waals surface area contributed by atoms with Crippen LogP contribution in [0.15, 0.2) is 24.7 Å². The number of nitro groups is 1. The first-order valence-electron chi connectivity index (χ1n) is 5.88. The van der Waals surface area contributed by atoms with E-state index in [9.17, 15) is 14.9 Å². The predicted molar refractivity (Wildman–Crippen MR) is 77.7 cm³/mol. The van der Waals surface area contributed by atoms with E-state index < -0.39 is 10.8 Å². The summed E-state index contributed by atoms with van der Waals surface area (Å²) in [5.41, 5.74) is 0.544. The summed E-state index contributed by atoms with van der Waals surface area (Å²) in [6.45, 7) is 0.331. The number of imidazole rings is 1.